The number of nitrogens with one attached hydrogen (secondary N) is 2. The number of fused-ring (bicyclic) bond motifs is 1. The molecule has 1 fully saturated rings. The number of hydrogen-bond acceptors (Lipinski definition) is 4. The van der Waals surface area contributed by atoms with Crippen molar-refractivity contribution in [2.75, 3.05) is 23.7 Å². The average molecular weight is 444 g/mol. The largest absolute Gasteiger partial charge is 0.340 e. The SMILES string of the molecule is Cc1ccc(NC(=O)[C@@H]2CCCN(C(=O)[C@H]3Sc4ccccc4NC3=O)C2)cc1Cl. The molecule has 2 heterocycles. The lowest BCUT2D eigenvalue weighted by Gasteiger charge is -2.35. The van der Waals surface area contributed by atoms with Gasteiger partial charge in [0.15, 0.2) is 5.25 Å². The Labute approximate surface area is 184 Å². The zero-order valence-electron chi connectivity index (χ0n) is 16.5. The Bertz CT molecular complexity index is 1010. The molecule has 0 saturated carbocycles. The minimum absolute atomic E-state index is 0.140. The van der Waals surface area contributed by atoms with Crippen LogP contribution >= 0.6 is 23.4 Å². The molecule has 0 unspecified atom stereocenters. The minimum atomic E-state index is -0.836. The van der Waals surface area contributed by atoms with Crippen molar-refractivity contribution in [3.63, 3.8) is 0 Å². The van der Waals surface area contributed by atoms with Crippen molar-refractivity contribution in [2.45, 2.75) is 29.9 Å². The summed E-state index contributed by atoms with van der Waals surface area (Å²) in [6, 6.07) is 12.8. The summed E-state index contributed by atoms with van der Waals surface area (Å²) in [5.41, 5.74) is 2.30. The topological polar surface area (TPSA) is 78.5 Å². The Balaban J connectivity index is 1.42. The van der Waals surface area contributed by atoms with Crippen LogP contribution in [0.4, 0.5) is 11.4 Å². The molecule has 1 saturated heterocycles. The predicted molar refractivity (Wildman–Crippen MR) is 119 cm³/mol. The highest BCUT2D eigenvalue weighted by atomic mass is 35.5. The number of halogens is 1. The molecule has 156 valence electrons. The van der Waals surface area contributed by atoms with Crippen LogP contribution in [-0.2, 0) is 14.4 Å². The van der Waals surface area contributed by atoms with Gasteiger partial charge in [0.2, 0.25) is 17.7 Å². The van der Waals surface area contributed by atoms with E-state index in [0.717, 1.165) is 16.1 Å². The lowest BCUT2D eigenvalue weighted by Crippen LogP contribution is -2.50. The first kappa shape index (κ1) is 20.8. The van der Waals surface area contributed by atoms with E-state index in [4.69, 9.17) is 11.6 Å². The third kappa shape index (κ3) is 4.32. The highest BCUT2D eigenvalue weighted by Gasteiger charge is 2.38. The molecule has 0 bridgehead atoms. The van der Waals surface area contributed by atoms with E-state index in [1.807, 2.05) is 43.3 Å². The van der Waals surface area contributed by atoms with E-state index < -0.39 is 5.25 Å². The van der Waals surface area contributed by atoms with Crippen molar-refractivity contribution in [1.29, 1.82) is 0 Å². The molecular formula is C22H22ClN3O3S. The predicted octanol–water partition coefficient (Wildman–Crippen LogP) is 3.94. The van der Waals surface area contributed by atoms with Crippen LogP contribution in [0.2, 0.25) is 5.02 Å². The molecule has 8 heteroatoms. The van der Waals surface area contributed by atoms with Gasteiger partial charge < -0.3 is 15.5 Å². The van der Waals surface area contributed by atoms with Crippen LogP contribution in [0.3, 0.4) is 0 Å². The first-order valence-electron chi connectivity index (χ1n) is 9.85. The van der Waals surface area contributed by atoms with Gasteiger partial charge >= 0.3 is 0 Å². The first-order valence-corrected chi connectivity index (χ1v) is 11.1. The number of aryl methyl sites for hydroxylation is 1. The lowest BCUT2D eigenvalue weighted by atomic mass is 9.96. The Hall–Kier alpha value is -2.51. The number of carbonyl (C=O) groups excluding carboxylic acids is 3. The van der Waals surface area contributed by atoms with Gasteiger partial charge in [0, 0.05) is 28.7 Å². The van der Waals surface area contributed by atoms with Gasteiger partial charge in [0.05, 0.1) is 11.6 Å². The summed E-state index contributed by atoms with van der Waals surface area (Å²) in [4.78, 5) is 40.8. The molecule has 0 aliphatic carbocycles. The molecule has 0 radical (unpaired) electrons. The maximum Gasteiger partial charge on any atom is 0.247 e. The summed E-state index contributed by atoms with van der Waals surface area (Å²) in [7, 11) is 0. The molecule has 2 aromatic carbocycles. The minimum Gasteiger partial charge on any atom is -0.340 e. The van der Waals surface area contributed by atoms with Crippen LogP contribution in [0, 0.1) is 12.8 Å². The van der Waals surface area contributed by atoms with Gasteiger partial charge in [-0.25, -0.2) is 0 Å². The number of carbonyl (C=O) groups is 3. The average Bonchev–Trinajstić information content (AvgIpc) is 2.75. The van der Waals surface area contributed by atoms with Gasteiger partial charge in [0.25, 0.3) is 0 Å². The zero-order chi connectivity index (χ0) is 21.3. The van der Waals surface area contributed by atoms with Crippen molar-refractivity contribution >= 4 is 52.5 Å². The van der Waals surface area contributed by atoms with E-state index in [0.29, 0.717) is 36.6 Å². The van der Waals surface area contributed by atoms with Crippen LogP contribution < -0.4 is 10.6 Å². The Morgan fingerprint density at radius 1 is 1.23 bits per heavy atom. The molecule has 2 N–H and O–H groups in total. The van der Waals surface area contributed by atoms with Crippen molar-refractivity contribution in [2.24, 2.45) is 5.92 Å². The monoisotopic (exact) mass is 443 g/mol. The Kier molecular flexibility index (Phi) is 6.01. The van der Waals surface area contributed by atoms with Gasteiger partial charge in [-0.05, 0) is 49.6 Å². The zero-order valence-corrected chi connectivity index (χ0v) is 18.1. The van der Waals surface area contributed by atoms with Gasteiger partial charge in [-0.15, -0.1) is 11.8 Å². The normalized spacial score (nSPS) is 20.9. The summed E-state index contributed by atoms with van der Waals surface area (Å²) in [6.45, 7) is 2.75. The molecule has 0 spiro atoms. The number of likely N-dealkylation sites (tertiary alicyclic amines) is 1. The van der Waals surface area contributed by atoms with Gasteiger partial charge in [-0.2, -0.15) is 0 Å². The third-order valence-corrected chi connectivity index (χ3v) is 7.06. The molecule has 6 nitrogen and oxygen atoms in total. The van der Waals surface area contributed by atoms with E-state index in [-0.39, 0.29) is 23.6 Å². The third-order valence-electron chi connectivity index (χ3n) is 5.40. The van der Waals surface area contributed by atoms with Crippen LogP contribution in [0.1, 0.15) is 18.4 Å². The van der Waals surface area contributed by atoms with Crippen molar-refractivity contribution in [3.05, 3.63) is 53.1 Å². The fourth-order valence-corrected chi connectivity index (χ4v) is 4.94. The molecule has 2 atom stereocenters. The second-order valence-electron chi connectivity index (χ2n) is 7.56. The maximum atomic E-state index is 13.1. The number of piperidine rings is 1. The highest BCUT2D eigenvalue weighted by Crippen LogP contribution is 2.36. The summed E-state index contributed by atoms with van der Waals surface area (Å²) in [5, 5.41) is 5.46. The molecule has 2 aliphatic rings. The number of para-hydroxylation sites is 1. The second-order valence-corrected chi connectivity index (χ2v) is 9.11. The molecule has 30 heavy (non-hydrogen) atoms. The molecule has 2 aromatic rings. The number of nitrogens with zero attached hydrogens (tertiary/aromatic N) is 1. The number of benzene rings is 2. The summed E-state index contributed by atoms with van der Waals surface area (Å²) < 4.78 is 0. The Morgan fingerprint density at radius 2 is 2.03 bits per heavy atom. The number of anilines is 2. The van der Waals surface area contributed by atoms with Crippen molar-refractivity contribution in [1.82, 2.24) is 4.90 Å². The number of rotatable bonds is 3. The standard InChI is InChI=1S/C22H22ClN3O3S/c1-13-8-9-15(11-16(13)23)24-20(27)14-5-4-10-26(12-14)22(29)19-21(28)25-17-6-2-3-7-18(17)30-19/h2-3,6-9,11,14,19H,4-5,10,12H2,1H3,(H,24,27)(H,25,28)/t14-,19+/m1/s1. The highest BCUT2D eigenvalue weighted by molar-refractivity contribution is 8.01. The quantitative estimate of drug-likeness (QED) is 0.704. The van der Waals surface area contributed by atoms with Crippen molar-refractivity contribution < 1.29 is 14.4 Å². The molecule has 3 amide bonds. The van der Waals surface area contributed by atoms with Crippen LogP contribution in [0.5, 0.6) is 0 Å². The smallest absolute Gasteiger partial charge is 0.247 e. The molecular weight excluding hydrogens is 422 g/mol. The van der Waals surface area contributed by atoms with Gasteiger partial charge in [-0.1, -0.05) is 29.8 Å². The van der Waals surface area contributed by atoms with E-state index in [2.05, 4.69) is 10.6 Å². The Morgan fingerprint density at radius 3 is 2.83 bits per heavy atom. The van der Waals surface area contributed by atoms with E-state index in [1.54, 1.807) is 11.0 Å². The fraction of sp³-hybridized carbons (Fsp3) is 0.318. The number of thioether (sulfide) groups is 1. The van der Waals surface area contributed by atoms with Crippen molar-refractivity contribution in [3.8, 4) is 0 Å². The fourth-order valence-electron chi connectivity index (χ4n) is 3.69. The lowest BCUT2D eigenvalue weighted by molar-refractivity contribution is -0.136. The first-order chi connectivity index (χ1) is 14.4. The summed E-state index contributed by atoms with van der Waals surface area (Å²) in [6.07, 6.45) is 1.41. The van der Waals surface area contributed by atoms with Crippen LogP contribution in [0.15, 0.2) is 47.4 Å². The summed E-state index contributed by atoms with van der Waals surface area (Å²) in [5.74, 6) is -1.03. The van der Waals surface area contributed by atoms with Gasteiger partial charge in [-0.3, -0.25) is 14.4 Å². The van der Waals surface area contributed by atoms with Crippen LogP contribution in [-0.4, -0.2) is 41.0 Å². The number of hydrogen-bond donors (Lipinski definition) is 2. The van der Waals surface area contributed by atoms with E-state index in [9.17, 15) is 14.4 Å². The van der Waals surface area contributed by atoms with Gasteiger partial charge in [0.1, 0.15) is 0 Å². The molecule has 4 rings (SSSR count). The van der Waals surface area contributed by atoms with E-state index >= 15 is 0 Å². The van der Waals surface area contributed by atoms with Crippen LogP contribution in [0.25, 0.3) is 0 Å². The second kappa shape index (κ2) is 8.70. The number of amides is 3. The van der Waals surface area contributed by atoms with E-state index in [1.165, 1.54) is 11.8 Å². The maximum absolute atomic E-state index is 13.1. The summed E-state index contributed by atoms with van der Waals surface area (Å²) >= 11 is 7.40. The molecule has 0 aromatic heterocycles. The molecule has 2 aliphatic heterocycles.